The molecule has 1 aliphatic carbocycles. The van der Waals surface area contributed by atoms with Crippen molar-refractivity contribution >= 4 is 11.3 Å². The summed E-state index contributed by atoms with van der Waals surface area (Å²) < 4.78 is 0. The maximum atomic E-state index is 3.74. The first-order chi connectivity index (χ1) is 7.66. The zero-order valence-corrected chi connectivity index (χ0v) is 11.5. The van der Waals surface area contributed by atoms with Crippen molar-refractivity contribution in [3.05, 3.63) is 21.4 Å². The van der Waals surface area contributed by atoms with Crippen LogP contribution in [0.25, 0.3) is 0 Å². The average molecular weight is 237 g/mol. The lowest BCUT2D eigenvalue weighted by Gasteiger charge is -2.29. The van der Waals surface area contributed by atoms with Crippen LogP contribution in [-0.2, 0) is 6.54 Å². The highest BCUT2D eigenvalue weighted by molar-refractivity contribution is 7.12. The van der Waals surface area contributed by atoms with Gasteiger partial charge in [0.1, 0.15) is 0 Å². The highest BCUT2D eigenvalue weighted by atomic mass is 32.1. The monoisotopic (exact) mass is 237 g/mol. The van der Waals surface area contributed by atoms with Crippen molar-refractivity contribution in [1.29, 1.82) is 0 Å². The Morgan fingerprint density at radius 3 is 2.69 bits per heavy atom. The number of thiophene rings is 1. The second kappa shape index (κ2) is 5.33. The third-order valence-corrected chi connectivity index (χ3v) is 5.02. The van der Waals surface area contributed by atoms with Crippen LogP contribution in [0.15, 0.2) is 6.07 Å². The molecule has 90 valence electrons. The Hall–Kier alpha value is -0.340. The van der Waals surface area contributed by atoms with Gasteiger partial charge in [-0.05, 0) is 44.2 Å². The van der Waals surface area contributed by atoms with Crippen LogP contribution in [0.5, 0.6) is 0 Å². The molecular formula is C14H23NS. The smallest absolute Gasteiger partial charge is 0.0302 e. The molecule has 1 N–H and O–H groups in total. The third-order valence-electron chi connectivity index (χ3n) is 3.87. The van der Waals surface area contributed by atoms with Gasteiger partial charge in [-0.15, -0.1) is 11.3 Å². The molecule has 0 amide bonds. The Morgan fingerprint density at radius 1 is 1.31 bits per heavy atom. The molecular weight excluding hydrogens is 214 g/mol. The van der Waals surface area contributed by atoms with Gasteiger partial charge in [-0.25, -0.2) is 0 Å². The lowest BCUT2D eigenvalue weighted by atomic mass is 9.86. The van der Waals surface area contributed by atoms with Crippen LogP contribution in [0.4, 0.5) is 0 Å². The number of rotatable bonds is 3. The van der Waals surface area contributed by atoms with E-state index in [0.717, 1.165) is 18.5 Å². The molecule has 1 saturated carbocycles. The molecule has 0 spiro atoms. The van der Waals surface area contributed by atoms with Gasteiger partial charge in [0, 0.05) is 22.3 Å². The van der Waals surface area contributed by atoms with E-state index in [1.165, 1.54) is 41.0 Å². The molecule has 16 heavy (non-hydrogen) atoms. The fourth-order valence-corrected chi connectivity index (χ4v) is 3.59. The molecule has 1 fully saturated rings. The molecule has 1 aromatic rings. The van der Waals surface area contributed by atoms with Gasteiger partial charge in [-0.2, -0.15) is 0 Å². The Kier molecular flexibility index (Phi) is 4.04. The van der Waals surface area contributed by atoms with Crippen molar-refractivity contribution in [1.82, 2.24) is 5.32 Å². The minimum absolute atomic E-state index is 0.747. The van der Waals surface area contributed by atoms with Gasteiger partial charge in [0.15, 0.2) is 0 Å². The molecule has 0 aliphatic heterocycles. The van der Waals surface area contributed by atoms with E-state index >= 15 is 0 Å². The summed E-state index contributed by atoms with van der Waals surface area (Å²) >= 11 is 1.94. The zero-order chi connectivity index (χ0) is 11.5. The summed E-state index contributed by atoms with van der Waals surface area (Å²) in [6.07, 6.45) is 5.60. The summed E-state index contributed by atoms with van der Waals surface area (Å²) in [4.78, 5) is 2.96. The van der Waals surface area contributed by atoms with E-state index < -0.39 is 0 Å². The second-order valence-electron chi connectivity index (χ2n) is 5.20. The standard InChI is InChI=1S/C14H23NS/c1-10-6-4-5-7-14(10)15-9-13-8-11(2)12(3)16-13/h8,10,14-15H,4-7,9H2,1-3H3. The van der Waals surface area contributed by atoms with E-state index in [2.05, 4.69) is 32.2 Å². The quantitative estimate of drug-likeness (QED) is 0.837. The van der Waals surface area contributed by atoms with Gasteiger partial charge >= 0.3 is 0 Å². The predicted octanol–water partition coefficient (Wildman–Crippen LogP) is 4.03. The normalized spacial score (nSPS) is 25.9. The first kappa shape index (κ1) is 12.1. The van der Waals surface area contributed by atoms with Crippen molar-refractivity contribution in [3.63, 3.8) is 0 Å². The third kappa shape index (κ3) is 2.86. The van der Waals surface area contributed by atoms with Crippen molar-refractivity contribution in [2.45, 2.75) is 59.0 Å². The number of aryl methyl sites for hydroxylation is 2. The summed E-state index contributed by atoms with van der Waals surface area (Å²) in [5.74, 6) is 0.857. The lowest BCUT2D eigenvalue weighted by molar-refractivity contribution is 0.280. The summed E-state index contributed by atoms with van der Waals surface area (Å²) in [5.41, 5.74) is 1.44. The van der Waals surface area contributed by atoms with Crippen molar-refractivity contribution < 1.29 is 0 Å². The van der Waals surface area contributed by atoms with Crippen LogP contribution in [0, 0.1) is 19.8 Å². The van der Waals surface area contributed by atoms with E-state index in [9.17, 15) is 0 Å². The van der Waals surface area contributed by atoms with E-state index in [4.69, 9.17) is 0 Å². The first-order valence-electron chi connectivity index (χ1n) is 6.46. The molecule has 1 aliphatic rings. The molecule has 2 atom stereocenters. The fourth-order valence-electron chi connectivity index (χ4n) is 2.59. The van der Waals surface area contributed by atoms with E-state index in [1.807, 2.05) is 11.3 Å². The first-order valence-corrected chi connectivity index (χ1v) is 7.28. The molecule has 1 heterocycles. The van der Waals surface area contributed by atoms with E-state index in [1.54, 1.807) is 0 Å². The highest BCUT2D eigenvalue weighted by Crippen LogP contribution is 2.25. The van der Waals surface area contributed by atoms with Crippen molar-refractivity contribution in [3.8, 4) is 0 Å². The largest absolute Gasteiger partial charge is 0.309 e. The Morgan fingerprint density at radius 2 is 2.06 bits per heavy atom. The minimum atomic E-state index is 0.747. The topological polar surface area (TPSA) is 12.0 Å². The van der Waals surface area contributed by atoms with Crippen LogP contribution in [0.2, 0.25) is 0 Å². The van der Waals surface area contributed by atoms with Crippen LogP contribution < -0.4 is 5.32 Å². The molecule has 0 aromatic carbocycles. The maximum Gasteiger partial charge on any atom is 0.0302 e. The number of hydrogen-bond donors (Lipinski definition) is 1. The Balaban J connectivity index is 1.86. The van der Waals surface area contributed by atoms with Gasteiger partial charge in [0.2, 0.25) is 0 Å². The molecule has 2 rings (SSSR count). The van der Waals surface area contributed by atoms with Crippen LogP contribution in [0.3, 0.4) is 0 Å². The molecule has 0 radical (unpaired) electrons. The Bertz CT molecular complexity index is 323. The predicted molar refractivity (Wildman–Crippen MR) is 72.1 cm³/mol. The number of nitrogens with one attached hydrogen (secondary N) is 1. The SMILES string of the molecule is Cc1cc(CNC2CCCCC2C)sc1C. The molecule has 2 heteroatoms. The van der Waals surface area contributed by atoms with Gasteiger partial charge in [0.05, 0.1) is 0 Å². The number of hydrogen-bond acceptors (Lipinski definition) is 2. The average Bonchev–Trinajstić information content (AvgIpc) is 2.57. The zero-order valence-electron chi connectivity index (χ0n) is 10.7. The van der Waals surface area contributed by atoms with Crippen molar-refractivity contribution in [2.75, 3.05) is 0 Å². The second-order valence-corrected chi connectivity index (χ2v) is 6.54. The summed E-state index contributed by atoms with van der Waals surface area (Å²) in [5, 5.41) is 3.74. The molecule has 0 bridgehead atoms. The van der Waals surface area contributed by atoms with Gasteiger partial charge < -0.3 is 5.32 Å². The summed E-state index contributed by atoms with van der Waals surface area (Å²) in [6.45, 7) is 7.88. The van der Waals surface area contributed by atoms with Gasteiger partial charge in [-0.1, -0.05) is 19.8 Å². The fraction of sp³-hybridized carbons (Fsp3) is 0.714. The summed E-state index contributed by atoms with van der Waals surface area (Å²) in [7, 11) is 0. The lowest BCUT2D eigenvalue weighted by Crippen LogP contribution is -2.36. The van der Waals surface area contributed by atoms with Gasteiger partial charge in [-0.3, -0.25) is 0 Å². The highest BCUT2D eigenvalue weighted by Gasteiger charge is 2.20. The minimum Gasteiger partial charge on any atom is -0.309 e. The molecule has 1 aromatic heterocycles. The molecule has 1 nitrogen and oxygen atoms in total. The molecule has 0 saturated heterocycles. The van der Waals surface area contributed by atoms with Crippen LogP contribution in [-0.4, -0.2) is 6.04 Å². The Labute approximate surface area is 103 Å². The maximum absolute atomic E-state index is 3.74. The van der Waals surface area contributed by atoms with E-state index in [0.29, 0.717) is 0 Å². The molecule has 2 unspecified atom stereocenters. The summed E-state index contributed by atoms with van der Waals surface area (Å²) in [6, 6.07) is 3.08. The van der Waals surface area contributed by atoms with Gasteiger partial charge in [0.25, 0.3) is 0 Å². The van der Waals surface area contributed by atoms with Crippen LogP contribution in [0.1, 0.15) is 47.9 Å². The van der Waals surface area contributed by atoms with Crippen molar-refractivity contribution in [2.24, 2.45) is 5.92 Å². The van der Waals surface area contributed by atoms with Crippen LogP contribution >= 0.6 is 11.3 Å². The van der Waals surface area contributed by atoms with E-state index in [-0.39, 0.29) is 0 Å².